The summed E-state index contributed by atoms with van der Waals surface area (Å²) in [6, 6.07) is 12.5. The molecule has 0 spiro atoms. The second-order valence-corrected chi connectivity index (χ2v) is 16.1. The molecule has 2 N–H and O–H groups in total. The molecule has 1 saturated carbocycles. The highest BCUT2D eigenvalue weighted by atomic mass is 16.5. The Morgan fingerprint density at radius 3 is 1.67 bits per heavy atom. The average molecular weight is 577 g/mol. The third-order valence-electron chi connectivity index (χ3n) is 9.49. The van der Waals surface area contributed by atoms with Gasteiger partial charge in [0, 0.05) is 47.8 Å². The average Bonchev–Trinajstić information content (AvgIpc) is 2.84. The van der Waals surface area contributed by atoms with Crippen LogP contribution in [-0.2, 0) is 14.3 Å². The van der Waals surface area contributed by atoms with Crippen molar-refractivity contribution in [2.75, 3.05) is 0 Å². The van der Waals surface area contributed by atoms with Crippen LogP contribution in [-0.4, -0.2) is 46.3 Å². The highest BCUT2D eigenvalue weighted by Gasteiger charge is 2.41. The van der Waals surface area contributed by atoms with Crippen molar-refractivity contribution in [1.29, 1.82) is 0 Å². The number of hydrogen-bond acceptors (Lipinski definition) is 6. The molecule has 230 valence electrons. The van der Waals surface area contributed by atoms with Crippen LogP contribution in [0.1, 0.15) is 129 Å². The molecule has 0 aromatic heterocycles. The van der Waals surface area contributed by atoms with Gasteiger partial charge in [-0.1, -0.05) is 24.3 Å². The molecule has 3 aliphatic rings. The smallest absolute Gasteiger partial charge is 0.338 e. The van der Waals surface area contributed by atoms with Gasteiger partial charge in [-0.3, -0.25) is 4.79 Å². The molecule has 6 nitrogen and oxygen atoms in total. The third kappa shape index (κ3) is 7.55. The topological polar surface area (TPSA) is 76.7 Å². The molecule has 1 aliphatic carbocycles. The summed E-state index contributed by atoms with van der Waals surface area (Å²) in [5, 5.41) is 9.49. The Kier molecular flexibility index (Phi) is 8.30. The molecular formula is C36H52N2O4. The summed E-state index contributed by atoms with van der Waals surface area (Å²) in [6.45, 7) is 17.4. The number of fused-ring (bicyclic) bond motifs is 1. The number of esters is 2. The minimum Gasteiger partial charge on any atom is -0.462 e. The zero-order chi connectivity index (χ0) is 30.5. The van der Waals surface area contributed by atoms with E-state index in [0.29, 0.717) is 11.5 Å². The first kappa shape index (κ1) is 31.0. The zero-order valence-corrected chi connectivity index (χ0v) is 27.1. The van der Waals surface area contributed by atoms with Crippen LogP contribution >= 0.6 is 0 Å². The van der Waals surface area contributed by atoms with E-state index in [1.807, 2.05) is 18.2 Å². The van der Waals surface area contributed by atoms with Crippen molar-refractivity contribution in [1.82, 2.24) is 10.6 Å². The van der Waals surface area contributed by atoms with E-state index in [9.17, 15) is 9.59 Å². The van der Waals surface area contributed by atoms with Gasteiger partial charge in [-0.15, -0.1) is 0 Å². The predicted octanol–water partition coefficient (Wildman–Crippen LogP) is 7.43. The van der Waals surface area contributed by atoms with Crippen molar-refractivity contribution in [3.05, 3.63) is 47.5 Å². The second-order valence-electron chi connectivity index (χ2n) is 16.1. The van der Waals surface area contributed by atoms with Gasteiger partial charge < -0.3 is 20.1 Å². The lowest BCUT2D eigenvalue weighted by molar-refractivity contribution is -0.159. The molecule has 42 heavy (non-hydrogen) atoms. The summed E-state index contributed by atoms with van der Waals surface area (Å²) in [5.41, 5.74) is 1.68. The Bertz CT molecular complexity index is 1290. The standard InChI is InChI=1S/C36H52N2O4/c1-33(2)19-29(20-34(3,4)37-33)41-31(39)24-11-9-23(10-12-24)25-13-14-27-18-28(16-15-26(27)17-25)32(40)42-30-21-35(5,6)38-36(7,8)22-30/h13-18,23-24,29-30,37-38H,9-12,19-22H2,1-8H3. The number of ether oxygens (including phenoxy) is 2. The summed E-state index contributed by atoms with van der Waals surface area (Å²) in [4.78, 5) is 26.2. The van der Waals surface area contributed by atoms with Crippen molar-refractivity contribution < 1.29 is 19.1 Å². The van der Waals surface area contributed by atoms with Crippen LogP contribution in [0.2, 0.25) is 0 Å². The second kappa shape index (κ2) is 11.2. The van der Waals surface area contributed by atoms with E-state index in [0.717, 1.165) is 62.1 Å². The number of piperidine rings is 2. The van der Waals surface area contributed by atoms with E-state index in [-0.39, 0.29) is 52.2 Å². The van der Waals surface area contributed by atoms with E-state index >= 15 is 0 Å². The number of carbonyl (C=O) groups excluding carboxylic acids is 2. The number of rotatable bonds is 5. The van der Waals surface area contributed by atoms with E-state index in [1.54, 1.807) is 0 Å². The molecule has 3 fully saturated rings. The maximum Gasteiger partial charge on any atom is 0.338 e. The Morgan fingerprint density at radius 1 is 0.643 bits per heavy atom. The molecule has 0 bridgehead atoms. The summed E-state index contributed by atoms with van der Waals surface area (Å²) in [6.07, 6.45) is 6.88. The van der Waals surface area contributed by atoms with E-state index in [2.05, 4.69) is 84.2 Å². The molecule has 2 aliphatic heterocycles. The third-order valence-corrected chi connectivity index (χ3v) is 9.49. The predicted molar refractivity (Wildman–Crippen MR) is 169 cm³/mol. The Balaban J connectivity index is 1.17. The number of hydrogen-bond donors (Lipinski definition) is 2. The lowest BCUT2D eigenvalue weighted by Crippen LogP contribution is -2.59. The van der Waals surface area contributed by atoms with Crippen LogP contribution in [0.4, 0.5) is 0 Å². The quantitative estimate of drug-likeness (QED) is 0.361. The minimum atomic E-state index is -0.249. The van der Waals surface area contributed by atoms with Crippen LogP contribution in [0.3, 0.4) is 0 Å². The number of carbonyl (C=O) groups is 2. The first-order valence-electron chi connectivity index (χ1n) is 16.0. The highest BCUT2D eigenvalue weighted by molar-refractivity contribution is 5.95. The van der Waals surface area contributed by atoms with Gasteiger partial charge in [-0.05, 0) is 115 Å². The fraction of sp³-hybridized carbons (Fsp3) is 0.667. The normalized spacial score (nSPS) is 27.3. The first-order chi connectivity index (χ1) is 19.5. The van der Waals surface area contributed by atoms with Gasteiger partial charge in [0.25, 0.3) is 0 Å². The molecule has 2 aromatic carbocycles. The Morgan fingerprint density at radius 2 is 1.12 bits per heavy atom. The molecule has 2 heterocycles. The number of benzene rings is 2. The van der Waals surface area contributed by atoms with Crippen LogP contribution in [0, 0.1) is 5.92 Å². The van der Waals surface area contributed by atoms with E-state index in [1.165, 1.54) is 5.56 Å². The maximum atomic E-state index is 13.1. The minimum absolute atomic E-state index is 0.00696. The highest BCUT2D eigenvalue weighted by Crippen LogP contribution is 2.39. The van der Waals surface area contributed by atoms with Crippen LogP contribution in [0.25, 0.3) is 10.8 Å². The van der Waals surface area contributed by atoms with Gasteiger partial charge in [0.15, 0.2) is 0 Å². The van der Waals surface area contributed by atoms with E-state index in [4.69, 9.17) is 9.47 Å². The maximum absolute atomic E-state index is 13.1. The number of nitrogens with one attached hydrogen (secondary N) is 2. The molecule has 6 heteroatoms. The van der Waals surface area contributed by atoms with E-state index < -0.39 is 0 Å². The molecule has 2 aromatic rings. The van der Waals surface area contributed by atoms with Gasteiger partial charge >= 0.3 is 11.9 Å². The molecule has 2 saturated heterocycles. The van der Waals surface area contributed by atoms with Crippen molar-refractivity contribution in [2.45, 2.75) is 147 Å². The largest absolute Gasteiger partial charge is 0.462 e. The van der Waals surface area contributed by atoms with Gasteiger partial charge in [0.05, 0.1) is 11.5 Å². The lowest BCUT2D eigenvalue weighted by Gasteiger charge is -2.46. The molecule has 5 rings (SSSR count). The van der Waals surface area contributed by atoms with Gasteiger partial charge in [-0.2, -0.15) is 0 Å². The van der Waals surface area contributed by atoms with Crippen molar-refractivity contribution in [3.8, 4) is 0 Å². The summed E-state index contributed by atoms with van der Waals surface area (Å²) < 4.78 is 12.1. The Hall–Kier alpha value is -2.44. The summed E-state index contributed by atoms with van der Waals surface area (Å²) >= 11 is 0. The lowest BCUT2D eigenvalue weighted by atomic mass is 9.78. The fourth-order valence-corrected chi connectivity index (χ4v) is 8.41. The molecule has 0 amide bonds. The fourth-order valence-electron chi connectivity index (χ4n) is 8.41. The first-order valence-corrected chi connectivity index (χ1v) is 16.0. The molecule has 0 radical (unpaired) electrons. The van der Waals surface area contributed by atoms with Gasteiger partial charge in [-0.25, -0.2) is 4.79 Å². The Labute approximate surface area is 252 Å². The van der Waals surface area contributed by atoms with Crippen LogP contribution in [0.5, 0.6) is 0 Å². The van der Waals surface area contributed by atoms with Crippen molar-refractivity contribution in [3.63, 3.8) is 0 Å². The SMILES string of the molecule is CC1(C)CC(OC(=O)c2ccc3cc(C4CCC(C(=O)OC5CC(C)(C)NC(C)(C)C5)CC4)ccc3c2)CC(C)(C)N1. The zero-order valence-electron chi connectivity index (χ0n) is 27.1. The monoisotopic (exact) mass is 576 g/mol. The van der Waals surface area contributed by atoms with Gasteiger partial charge in [0.1, 0.15) is 12.2 Å². The molecule has 0 unspecified atom stereocenters. The molecular weight excluding hydrogens is 524 g/mol. The van der Waals surface area contributed by atoms with Gasteiger partial charge in [0.2, 0.25) is 0 Å². The summed E-state index contributed by atoms with van der Waals surface area (Å²) in [7, 11) is 0. The van der Waals surface area contributed by atoms with Crippen LogP contribution < -0.4 is 10.6 Å². The summed E-state index contributed by atoms with van der Waals surface area (Å²) in [5.74, 6) is 0.168. The van der Waals surface area contributed by atoms with Crippen molar-refractivity contribution in [2.24, 2.45) is 5.92 Å². The molecule has 0 atom stereocenters. The van der Waals surface area contributed by atoms with Crippen molar-refractivity contribution >= 4 is 22.7 Å². The van der Waals surface area contributed by atoms with Crippen LogP contribution in [0.15, 0.2) is 36.4 Å².